The smallest absolute Gasteiger partial charge is 0.329 e. The van der Waals surface area contributed by atoms with Gasteiger partial charge in [-0.2, -0.15) is 0 Å². The van der Waals surface area contributed by atoms with Crippen LogP contribution < -0.4 is 5.32 Å². The van der Waals surface area contributed by atoms with Crippen molar-refractivity contribution in [2.75, 3.05) is 6.61 Å². The van der Waals surface area contributed by atoms with Gasteiger partial charge in [-0.15, -0.1) is 11.3 Å². The minimum absolute atomic E-state index is 0.141. The Labute approximate surface area is 114 Å². The van der Waals surface area contributed by atoms with Gasteiger partial charge in [0.05, 0.1) is 10.9 Å². The highest BCUT2D eigenvalue weighted by atomic mass is 35.5. The van der Waals surface area contributed by atoms with Crippen molar-refractivity contribution in [3.63, 3.8) is 0 Å². The molecule has 1 N–H and O–H groups in total. The molecule has 1 fully saturated rings. The summed E-state index contributed by atoms with van der Waals surface area (Å²) in [6.45, 7) is 3.92. The van der Waals surface area contributed by atoms with Crippen LogP contribution >= 0.6 is 22.9 Å². The number of nitrogens with one attached hydrogen (secondary N) is 1. The molecule has 0 radical (unpaired) electrons. The van der Waals surface area contributed by atoms with E-state index >= 15 is 0 Å². The first kappa shape index (κ1) is 13.4. The molecule has 18 heavy (non-hydrogen) atoms. The van der Waals surface area contributed by atoms with Gasteiger partial charge in [-0.1, -0.05) is 18.5 Å². The molecule has 6 heteroatoms. The molecule has 1 amide bonds. The number of amides is 1. The van der Waals surface area contributed by atoms with Crippen molar-refractivity contribution in [1.82, 2.24) is 5.32 Å². The monoisotopic (exact) mass is 287 g/mol. The second-order valence-electron chi connectivity index (χ2n) is 4.49. The Bertz CT molecular complexity index is 487. The minimum atomic E-state index is -0.643. The van der Waals surface area contributed by atoms with Crippen LogP contribution in [0.2, 0.25) is 4.34 Å². The third-order valence-corrected chi connectivity index (χ3v) is 4.31. The number of thiophene rings is 1. The Hall–Kier alpha value is -1.07. The summed E-state index contributed by atoms with van der Waals surface area (Å²) in [6.07, 6.45) is 0.267. The van der Waals surface area contributed by atoms with E-state index in [1.165, 1.54) is 11.3 Å². The highest BCUT2D eigenvalue weighted by Gasteiger charge is 2.49. The molecular formula is C12H14ClNO3S. The number of esters is 1. The first-order chi connectivity index (χ1) is 8.47. The van der Waals surface area contributed by atoms with Gasteiger partial charge in [0.25, 0.3) is 0 Å². The summed E-state index contributed by atoms with van der Waals surface area (Å²) >= 11 is 7.32. The van der Waals surface area contributed by atoms with Crippen LogP contribution in [0.5, 0.6) is 0 Å². The lowest BCUT2D eigenvalue weighted by Gasteiger charge is -2.27. The average molecular weight is 288 g/mol. The van der Waals surface area contributed by atoms with Crippen molar-refractivity contribution < 1.29 is 14.3 Å². The van der Waals surface area contributed by atoms with Crippen molar-refractivity contribution in [3.05, 3.63) is 21.3 Å². The maximum atomic E-state index is 11.9. The van der Waals surface area contributed by atoms with E-state index in [0.29, 0.717) is 10.9 Å². The maximum absolute atomic E-state index is 11.9. The van der Waals surface area contributed by atoms with Gasteiger partial charge in [0, 0.05) is 11.8 Å². The van der Waals surface area contributed by atoms with Gasteiger partial charge in [0.1, 0.15) is 6.04 Å². The number of carbonyl (C=O) groups excluding carboxylic acids is 2. The number of ether oxygens (including phenoxy) is 1. The summed E-state index contributed by atoms with van der Waals surface area (Å²) < 4.78 is 5.66. The van der Waals surface area contributed by atoms with Crippen LogP contribution in [0.1, 0.15) is 25.8 Å². The summed E-state index contributed by atoms with van der Waals surface area (Å²) in [5, 5.41) is 4.57. The predicted molar refractivity (Wildman–Crippen MR) is 69.9 cm³/mol. The largest absolute Gasteiger partial charge is 0.464 e. The van der Waals surface area contributed by atoms with E-state index in [1.807, 2.05) is 12.3 Å². The van der Waals surface area contributed by atoms with Gasteiger partial charge in [-0.05, 0) is 23.9 Å². The molecule has 0 spiro atoms. The fourth-order valence-corrected chi connectivity index (χ4v) is 3.25. The normalized spacial score (nSPS) is 27.1. The topological polar surface area (TPSA) is 55.4 Å². The summed E-state index contributed by atoms with van der Waals surface area (Å²) in [5.41, 5.74) is 0.307. The molecule has 2 unspecified atom stereocenters. The molecule has 1 aliphatic rings. The van der Waals surface area contributed by atoms with E-state index < -0.39 is 17.4 Å². The molecule has 1 aromatic rings. The number of halogens is 1. The molecule has 1 saturated heterocycles. The molecule has 2 atom stereocenters. The number of rotatable bonds is 3. The fraction of sp³-hybridized carbons (Fsp3) is 0.500. The lowest BCUT2D eigenvalue weighted by molar-refractivity contribution is -0.147. The first-order valence-corrected chi connectivity index (χ1v) is 6.93. The standard InChI is InChI=1S/C12H14ClNO3S/c1-3-17-11(16)10-12(2,5-9(15)14-10)7-4-8(13)18-6-7/h4,6,10H,3,5H2,1-2H3,(H,14,15). The van der Waals surface area contributed by atoms with Gasteiger partial charge < -0.3 is 10.1 Å². The van der Waals surface area contributed by atoms with E-state index in [-0.39, 0.29) is 12.3 Å². The van der Waals surface area contributed by atoms with Crippen LogP contribution in [0.25, 0.3) is 0 Å². The van der Waals surface area contributed by atoms with Crippen LogP contribution in [0.3, 0.4) is 0 Å². The Morgan fingerprint density at radius 2 is 2.44 bits per heavy atom. The summed E-state index contributed by atoms with van der Waals surface area (Å²) in [6, 6.07) is 1.16. The molecule has 0 saturated carbocycles. The van der Waals surface area contributed by atoms with Crippen molar-refractivity contribution in [3.8, 4) is 0 Å². The molecule has 2 heterocycles. The Morgan fingerprint density at radius 1 is 1.72 bits per heavy atom. The van der Waals surface area contributed by atoms with Crippen molar-refractivity contribution in [2.45, 2.75) is 31.7 Å². The second kappa shape index (κ2) is 4.90. The number of carbonyl (C=O) groups is 2. The van der Waals surface area contributed by atoms with Crippen molar-refractivity contribution in [1.29, 1.82) is 0 Å². The minimum Gasteiger partial charge on any atom is -0.464 e. The van der Waals surface area contributed by atoms with Crippen LogP contribution in [-0.4, -0.2) is 24.5 Å². The van der Waals surface area contributed by atoms with Crippen molar-refractivity contribution >= 4 is 34.8 Å². The lowest BCUT2D eigenvalue weighted by Crippen LogP contribution is -2.45. The number of hydrogen-bond donors (Lipinski definition) is 1. The first-order valence-electron chi connectivity index (χ1n) is 5.68. The van der Waals surface area contributed by atoms with Crippen LogP contribution in [0.4, 0.5) is 0 Å². The zero-order valence-electron chi connectivity index (χ0n) is 10.2. The molecule has 0 aliphatic carbocycles. The fourth-order valence-electron chi connectivity index (χ4n) is 2.23. The molecule has 1 aliphatic heterocycles. The average Bonchev–Trinajstić information content (AvgIpc) is 2.84. The molecule has 2 rings (SSSR count). The van der Waals surface area contributed by atoms with E-state index in [1.54, 1.807) is 13.0 Å². The molecular weight excluding hydrogens is 274 g/mol. The lowest BCUT2D eigenvalue weighted by atomic mass is 9.77. The quantitative estimate of drug-likeness (QED) is 0.866. The SMILES string of the molecule is CCOC(=O)C1NC(=O)CC1(C)c1csc(Cl)c1. The second-order valence-corrected chi connectivity index (χ2v) is 6.03. The Kier molecular flexibility index (Phi) is 3.64. The van der Waals surface area contributed by atoms with Gasteiger partial charge in [-0.3, -0.25) is 4.79 Å². The maximum Gasteiger partial charge on any atom is 0.329 e. The van der Waals surface area contributed by atoms with Gasteiger partial charge in [0.15, 0.2) is 0 Å². The van der Waals surface area contributed by atoms with E-state index in [9.17, 15) is 9.59 Å². The van der Waals surface area contributed by atoms with Crippen LogP contribution in [-0.2, 0) is 19.7 Å². The van der Waals surface area contributed by atoms with E-state index in [0.717, 1.165) is 5.56 Å². The highest BCUT2D eigenvalue weighted by molar-refractivity contribution is 7.14. The zero-order valence-corrected chi connectivity index (χ0v) is 11.7. The van der Waals surface area contributed by atoms with Crippen LogP contribution in [0.15, 0.2) is 11.4 Å². The van der Waals surface area contributed by atoms with E-state index in [4.69, 9.17) is 16.3 Å². The van der Waals surface area contributed by atoms with Crippen molar-refractivity contribution in [2.24, 2.45) is 0 Å². The molecule has 1 aromatic heterocycles. The van der Waals surface area contributed by atoms with Crippen LogP contribution in [0, 0.1) is 0 Å². The summed E-state index contributed by atoms with van der Waals surface area (Å²) in [5.74, 6) is -0.536. The molecule has 0 aromatic carbocycles. The number of hydrogen-bond acceptors (Lipinski definition) is 4. The third-order valence-electron chi connectivity index (χ3n) is 3.22. The van der Waals surface area contributed by atoms with Gasteiger partial charge >= 0.3 is 5.97 Å². The van der Waals surface area contributed by atoms with Gasteiger partial charge in [-0.25, -0.2) is 4.79 Å². The highest BCUT2D eigenvalue weighted by Crippen LogP contribution is 2.39. The third kappa shape index (κ3) is 2.24. The molecule has 0 bridgehead atoms. The molecule has 4 nitrogen and oxygen atoms in total. The Balaban J connectivity index is 2.33. The Morgan fingerprint density at radius 3 is 3.00 bits per heavy atom. The zero-order chi connectivity index (χ0) is 13.3. The van der Waals surface area contributed by atoms with E-state index in [2.05, 4.69) is 5.32 Å². The van der Waals surface area contributed by atoms with Gasteiger partial charge in [0.2, 0.25) is 5.91 Å². The summed E-state index contributed by atoms with van der Waals surface area (Å²) in [4.78, 5) is 23.5. The molecule has 98 valence electrons. The summed E-state index contributed by atoms with van der Waals surface area (Å²) in [7, 11) is 0. The predicted octanol–water partition coefficient (Wildman–Crippen LogP) is 2.11.